The minimum atomic E-state index is -1.55. The summed E-state index contributed by atoms with van der Waals surface area (Å²) >= 11 is 0. The van der Waals surface area contributed by atoms with Crippen LogP contribution in [-0.4, -0.2) is 59.4 Å². The van der Waals surface area contributed by atoms with Gasteiger partial charge in [0.05, 0.1) is 24.1 Å². The van der Waals surface area contributed by atoms with Gasteiger partial charge in [0.2, 0.25) is 0 Å². The number of carbonyl (C=O) groups is 1. The SMILES string of the molecule is COc1ccc2ncc(C)c([C@@H](O)CCC3(C(=O)O)CCN(CCOc4cc(F)c(F)c(F)c4)CC3)c2c1. The number of benzene rings is 2. The van der Waals surface area contributed by atoms with Crippen molar-refractivity contribution >= 4 is 16.9 Å². The van der Waals surface area contributed by atoms with E-state index in [9.17, 15) is 28.2 Å². The number of piperidine rings is 1. The Hall–Kier alpha value is -3.37. The number of ether oxygens (including phenoxy) is 2. The molecule has 10 heteroatoms. The number of carboxylic acid groups (broad SMARTS) is 1. The lowest BCUT2D eigenvalue weighted by atomic mass is 9.74. The van der Waals surface area contributed by atoms with Crippen LogP contribution in [0.1, 0.15) is 42.9 Å². The van der Waals surface area contributed by atoms with E-state index in [0.29, 0.717) is 44.6 Å². The average molecular weight is 533 g/mol. The number of hydrogen-bond donors (Lipinski definition) is 2. The van der Waals surface area contributed by atoms with E-state index >= 15 is 0 Å². The molecule has 0 spiro atoms. The van der Waals surface area contributed by atoms with E-state index in [4.69, 9.17) is 9.47 Å². The topological polar surface area (TPSA) is 92.1 Å². The highest BCUT2D eigenvalue weighted by Gasteiger charge is 2.41. The molecule has 0 aliphatic carbocycles. The van der Waals surface area contributed by atoms with Crippen LogP contribution in [0.2, 0.25) is 0 Å². The van der Waals surface area contributed by atoms with Gasteiger partial charge in [-0.3, -0.25) is 14.7 Å². The van der Waals surface area contributed by atoms with E-state index in [1.807, 2.05) is 24.0 Å². The largest absolute Gasteiger partial charge is 0.497 e. The molecule has 2 heterocycles. The summed E-state index contributed by atoms with van der Waals surface area (Å²) in [6.07, 6.45) is 2.18. The fourth-order valence-corrected chi connectivity index (χ4v) is 5.10. The molecule has 3 aromatic rings. The highest BCUT2D eigenvalue weighted by Crippen LogP contribution is 2.40. The van der Waals surface area contributed by atoms with Crippen molar-refractivity contribution in [1.29, 1.82) is 0 Å². The molecule has 204 valence electrons. The lowest BCUT2D eigenvalue weighted by Gasteiger charge is -2.39. The minimum Gasteiger partial charge on any atom is -0.497 e. The van der Waals surface area contributed by atoms with Crippen molar-refractivity contribution in [1.82, 2.24) is 9.88 Å². The van der Waals surface area contributed by atoms with Gasteiger partial charge >= 0.3 is 5.97 Å². The van der Waals surface area contributed by atoms with Gasteiger partial charge in [0.1, 0.15) is 18.1 Å². The number of aliphatic carboxylic acids is 1. The van der Waals surface area contributed by atoms with Crippen LogP contribution in [0.3, 0.4) is 0 Å². The van der Waals surface area contributed by atoms with Gasteiger partial charge in [0, 0.05) is 30.3 Å². The fourth-order valence-electron chi connectivity index (χ4n) is 5.10. The Kier molecular flexibility index (Phi) is 8.42. The van der Waals surface area contributed by atoms with E-state index in [0.717, 1.165) is 34.2 Å². The molecule has 0 radical (unpaired) electrons. The molecule has 1 fully saturated rings. The number of halogens is 3. The Bertz CT molecular complexity index is 1290. The third-order valence-corrected chi connectivity index (χ3v) is 7.45. The van der Waals surface area contributed by atoms with Crippen molar-refractivity contribution in [3.8, 4) is 11.5 Å². The minimum absolute atomic E-state index is 0.108. The monoisotopic (exact) mass is 532 g/mol. The standard InChI is InChI=1S/C28H31F3N2O5/c1-17-16-32-23-4-3-18(37-2)13-20(23)25(17)24(34)5-6-28(27(35)36)7-9-33(10-8-28)11-12-38-19-14-21(29)26(31)22(30)15-19/h3-4,13-16,24,34H,5-12H2,1-2H3,(H,35,36)/t24-/m0/s1. The van der Waals surface area contributed by atoms with Crippen LogP contribution in [-0.2, 0) is 4.79 Å². The van der Waals surface area contributed by atoms with Crippen LogP contribution in [0, 0.1) is 29.8 Å². The number of hydrogen-bond acceptors (Lipinski definition) is 6. The maximum absolute atomic E-state index is 13.4. The molecule has 1 aromatic heterocycles. The van der Waals surface area contributed by atoms with E-state index < -0.39 is 34.9 Å². The first-order valence-electron chi connectivity index (χ1n) is 12.5. The van der Waals surface area contributed by atoms with Gasteiger partial charge in [0.15, 0.2) is 17.5 Å². The number of carboxylic acids is 1. The van der Waals surface area contributed by atoms with Crippen LogP contribution in [0.5, 0.6) is 11.5 Å². The maximum atomic E-state index is 13.4. The Balaban J connectivity index is 1.36. The summed E-state index contributed by atoms with van der Waals surface area (Å²) in [6.45, 7) is 3.38. The number of likely N-dealkylation sites (tertiary alicyclic amines) is 1. The van der Waals surface area contributed by atoms with Gasteiger partial charge in [-0.1, -0.05) is 0 Å². The van der Waals surface area contributed by atoms with E-state index in [1.54, 1.807) is 19.4 Å². The van der Waals surface area contributed by atoms with Crippen molar-refractivity contribution in [2.75, 3.05) is 33.4 Å². The predicted molar refractivity (Wildman–Crippen MR) is 135 cm³/mol. The first-order valence-corrected chi connectivity index (χ1v) is 12.5. The number of aryl methyl sites for hydroxylation is 1. The van der Waals surface area contributed by atoms with Crippen molar-refractivity contribution < 1.29 is 37.7 Å². The first-order chi connectivity index (χ1) is 18.1. The molecule has 1 aliphatic rings. The molecule has 0 unspecified atom stereocenters. The molecule has 1 aliphatic heterocycles. The van der Waals surface area contributed by atoms with Gasteiger partial charge in [0.25, 0.3) is 0 Å². The van der Waals surface area contributed by atoms with Crippen LogP contribution in [0.25, 0.3) is 10.9 Å². The lowest BCUT2D eigenvalue weighted by Crippen LogP contribution is -2.45. The number of nitrogens with zero attached hydrogens (tertiary/aromatic N) is 2. The van der Waals surface area contributed by atoms with Crippen molar-refractivity contribution in [2.24, 2.45) is 5.41 Å². The zero-order chi connectivity index (χ0) is 27.4. The van der Waals surface area contributed by atoms with Gasteiger partial charge in [-0.2, -0.15) is 0 Å². The summed E-state index contributed by atoms with van der Waals surface area (Å²) < 4.78 is 50.5. The Morgan fingerprint density at radius 2 is 1.82 bits per heavy atom. The molecule has 4 rings (SSSR count). The van der Waals surface area contributed by atoms with Gasteiger partial charge in [-0.15, -0.1) is 0 Å². The molecule has 7 nitrogen and oxygen atoms in total. The number of fused-ring (bicyclic) bond motifs is 1. The van der Waals surface area contributed by atoms with E-state index in [2.05, 4.69) is 4.98 Å². The number of rotatable bonds is 10. The van der Waals surface area contributed by atoms with Gasteiger partial charge in [-0.05, 0) is 75.0 Å². The average Bonchev–Trinajstić information content (AvgIpc) is 2.90. The zero-order valence-corrected chi connectivity index (χ0v) is 21.3. The van der Waals surface area contributed by atoms with Crippen LogP contribution in [0.15, 0.2) is 36.5 Å². The second kappa shape index (κ2) is 11.6. The third-order valence-electron chi connectivity index (χ3n) is 7.45. The summed E-state index contributed by atoms with van der Waals surface area (Å²) in [5.74, 6) is -4.54. The molecule has 2 aromatic carbocycles. The third kappa shape index (κ3) is 5.86. The van der Waals surface area contributed by atoms with E-state index in [1.165, 1.54) is 0 Å². The van der Waals surface area contributed by atoms with E-state index in [-0.39, 0.29) is 18.8 Å². The number of pyridine rings is 1. The number of aliphatic hydroxyl groups is 1. The quantitative estimate of drug-likeness (QED) is 0.354. The first kappa shape index (κ1) is 27.7. The molecule has 0 saturated carbocycles. The second-order valence-electron chi connectivity index (χ2n) is 9.77. The summed E-state index contributed by atoms with van der Waals surface area (Å²) in [5.41, 5.74) is 1.28. The summed E-state index contributed by atoms with van der Waals surface area (Å²) in [4.78, 5) is 18.8. The number of methoxy groups -OCH3 is 1. The van der Waals surface area contributed by atoms with Crippen molar-refractivity contribution in [3.63, 3.8) is 0 Å². The normalized spacial score (nSPS) is 16.4. The highest BCUT2D eigenvalue weighted by atomic mass is 19.2. The molecule has 38 heavy (non-hydrogen) atoms. The van der Waals surface area contributed by atoms with Crippen LogP contribution >= 0.6 is 0 Å². The molecular formula is C28H31F3N2O5. The summed E-state index contributed by atoms with van der Waals surface area (Å²) in [7, 11) is 1.57. The molecule has 2 N–H and O–H groups in total. The lowest BCUT2D eigenvalue weighted by molar-refractivity contribution is -0.153. The molecule has 1 atom stereocenters. The van der Waals surface area contributed by atoms with Crippen LogP contribution < -0.4 is 9.47 Å². The fraction of sp³-hybridized carbons (Fsp3) is 0.429. The van der Waals surface area contributed by atoms with Crippen LogP contribution in [0.4, 0.5) is 13.2 Å². The predicted octanol–water partition coefficient (Wildman–Crippen LogP) is 5.03. The van der Waals surface area contributed by atoms with Gasteiger partial charge in [-0.25, -0.2) is 13.2 Å². The molecular weight excluding hydrogens is 501 g/mol. The smallest absolute Gasteiger partial charge is 0.309 e. The molecule has 0 amide bonds. The Morgan fingerprint density at radius 1 is 1.13 bits per heavy atom. The highest BCUT2D eigenvalue weighted by molar-refractivity contribution is 5.85. The van der Waals surface area contributed by atoms with Crippen molar-refractivity contribution in [3.05, 3.63) is 65.1 Å². The number of aliphatic hydroxyl groups excluding tert-OH is 1. The second-order valence-corrected chi connectivity index (χ2v) is 9.77. The maximum Gasteiger partial charge on any atom is 0.309 e. The molecule has 0 bridgehead atoms. The zero-order valence-electron chi connectivity index (χ0n) is 21.3. The van der Waals surface area contributed by atoms with Crippen molar-refractivity contribution in [2.45, 2.75) is 38.7 Å². The Labute approximate surface area is 218 Å². The Morgan fingerprint density at radius 3 is 2.45 bits per heavy atom. The summed E-state index contributed by atoms with van der Waals surface area (Å²) in [5, 5.41) is 22.0. The molecule has 1 saturated heterocycles. The summed E-state index contributed by atoms with van der Waals surface area (Å²) in [6, 6.07) is 7.04. The number of aromatic nitrogens is 1. The van der Waals surface area contributed by atoms with Gasteiger partial charge < -0.3 is 19.7 Å².